The minimum atomic E-state index is 0.471. The molecule has 0 fully saturated rings. The molecule has 0 radical (unpaired) electrons. The zero-order valence-electron chi connectivity index (χ0n) is 15.2. The van der Waals surface area contributed by atoms with Gasteiger partial charge in [-0.2, -0.15) is 4.98 Å². The fourth-order valence-electron chi connectivity index (χ4n) is 2.69. The maximum atomic E-state index is 5.42. The highest BCUT2D eigenvalue weighted by molar-refractivity contribution is 9.10. The second kappa shape index (κ2) is 8.12. The molecule has 0 saturated carbocycles. The van der Waals surface area contributed by atoms with Crippen molar-refractivity contribution in [1.29, 1.82) is 0 Å². The predicted octanol–water partition coefficient (Wildman–Crippen LogP) is 5.23. The van der Waals surface area contributed by atoms with Gasteiger partial charge < -0.3 is 14.0 Å². The zero-order valence-corrected chi connectivity index (χ0v) is 17.6. The van der Waals surface area contributed by atoms with Crippen LogP contribution in [0.2, 0.25) is 0 Å². The number of hydrogen-bond donors (Lipinski definition) is 0. The van der Waals surface area contributed by atoms with E-state index in [0.717, 1.165) is 26.3 Å². The van der Waals surface area contributed by atoms with E-state index in [9.17, 15) is 0 Å². The summed E-state index contributed by atoms with van der Waals surface area (Å²) in [4.78, 5) is 9.17. The van der Waals surface area contributed by atoms with Gasteiger partial charge in [0.1, 0.15) is 16.5 Å². The van der Waals surface area contributed by atoms with Crippen LogP contribution in [0, 0.1) is 0 Å². The molecule has 0 spiro atoms. The van der Waals surface area contributed by atoms with Crippen molar-refractivity contribution >= 4 is 27.3 Å². The molecule has 2 heterocycles. The molecule has 0 saturated heterocycles. The van der Waals surface area contributed by atoms with Gasteiger partial charge in [-0.3, -0.25) is 0 Å². The van der Waals surface area contributed by atoms with Gasteiger partial charge in [-0.05, 0) is 24.3 Å². The van der Waals surface area contributed by atoms with E-state index < -0.39 is 0 Å². The van der Waals surface area contributed by atoms with Crippen LogP contribution in [-0.4, -0.2) is 29.3 Å². The molecule has 0 aliphatic rings. The number of nitrogens with zero attached hydrogens (tertiary/aromatic N) is 3. The third-order valence-electron chi connectivity index (χ3n) is 4.11. The summed E-state index contributed by atoms with van der Waals surface area (Å²) in [6.45, 7) is 0. The fourth-order valence-corrected chi connectivity index (χ4v) is 3.75. The molecule has 0 bridgehead atoms. The number of thiazole rings is 1. The van der Waals surface area contributed by atoms with Crippen LogP contribution < -0.4 is 9.47 Å². The van der Waals surface area contributed by atoms with Crippen LogP contribution in [0.5, 0.6) is 11.5 Å². The second-order valence-corrected chi connectivity index (χ2v) is 7.75. The average molecular weight is 458 g/mol. The summed E-state index contributed by atoms with van der Waals surface area (Å²) in [5, 5.41) is 7.03. The normalized spacial score (nSPS) is 10.8. The van der Waals surface area contributed by atoms with Crippen molar-refractivity contribution in [2.24, 2.45) is 0 Å². The van der Waals surface area contributed by atoms with Crippen molar-refractivity contribution in [3.63, 3.8) is 0 Å². The Labute approximate surface area is 174 Å². The predicted molar refractivity (Wildman–Crippen MR) is 111 cm³/mol. The Balaban J connectivity index is 1.54. The van der Waals surface area contributed by atoms with E-state index in [4.69, 9.17) is 14.0 Å². The molecular weight excluding hydrogens is 442 g/mol. The van der Waals surface area contributed by atoms with Crippen LogP contribution in [0.15, 0.2) is 56.8 Å². The summed E-state index contributed by atoms with van der Waals surface area (Å²) in [7, 11) is 3.20. The molecule has 2 aromatic carbocycles. The second-order valence-electron chi connectivity index (χ2n) is 5.89. The van der Waals surface area contributed by atoms with Gasteiger partial charge in [0.15, 0.2) is 0 Å². The van der Waals surface area contributed by atoms with Gasteiger partial charge in [0.05, 0.1) is 31.9 Å². The number of benzene rings is 2. The van der Waals surface area contributed by atoms with Crippen molar-refractivity contribution in [3.05, 3.63) is 63.2 Å². The van der Waals surface area contributed by atoms with Crippen molar-refractivity contribution in [2.75, 3.05) is 14.2 Å². The Bertz CT molecular complexity index is 1090. The molecule has 6 nitrogen and oxygen atoms in total. The molecule has 2 aromatic heterocycles. The highest BCUT2D eigenvalue weighted by Gasteiger charge is 2.16. The first-order chi connectivity index (χ1) is 13.7. The average Bonchev–Trinajstić information content (AvgIpc) is 3.38. The van der Waals surface area contributed by atoms with Crippen LogP contribution in [0.25, 0.3) is 22.6 Å². The summed E-state index contributed by atoms with van der Waals surface area (Å²) in [6.07, 6.45) is 0.479. The number of methoxy groups -OCH3 is 2. The largest absolute Gasteiger partial charge is 0.497 e. The van der Waals surface area contributed by atoms with Gasteiger partial charge in [-0.15, -0.1) is 11.3 Å². The molecule has 0 N–H and O–H groups in total. The quantitative estimate of drug-likeness (QED) is 0.394. The summed E-state index contributed by atoms with van der Waals surface area (Å²) >= 11 is 5.02. The molecule has 0 atom stereocenters. The van der Waals surface area contributed by atoms with Crippen molar-refractivity contribution < 1.29 is 14.0 Å². The number of ether oxygens (including phenoxy) is 2. The first-order valence-corrected chi connectivity index (χ1v) is 10.1. The van der Waals surface area contributed by atoms with E-state index in [1.54, 1.807) is 31.6 Å². The Kier molecular flexibility index (Phi) is 5.40. The van der Waals surface area contributed by atoms with E-state index >= 15 is 0 Å². The van der Waals surface area contributed by atoms with Gasteiger partial charge in [0.2, 0.25) is 11.7 Å². The van der Waals surface area contributed by atoms with E-state index in [2.05, 4.69) is 31.1 Å². The van der Waals surface area contributed by atoms with Gasteiger partial charge in [-0.1, -0.05) is 33.2 Å². The minimum Gasteiger partial charge on any atom is -0.497 e. The van der Waals surface area contributed by atoms with E-state index in [0.29, 0.717) is 29.6 Å². The van der Waals surface area contributed by atoms with Crippen molar-refractivity contribution in [3.8, 4) is 34.1 Å². The first kappa shape index (κ1) is 18.6. The van der Waals surface area contributed by atoms with Gasteiger partial charge >= 0.3 is 0 Å². The third-order valence-corrected chi connectivity index (χ3v) is 5.49. The van der Waals surface area contributed by atoms with E-state index in [1.165, 1.54) is 0 Å². The molecular formula is C20H16BrN3O3S. The highest BCUT2D eigenvalue weighted by Crippen LogP contribution is 2.32. The number of hydrogen-bond acceptors (Lipinski definition) is 7. The maximum Gasteiger partial charge on any atom is 0.233 e. The van der Waals surface area contributed by atoms with E-state index in [-0.39, 0.29) is 0 Å². The summed E-state index contributed by atoms with van der Waals surface area (Å²) in [5.41, 5.74) is 2.75. The van der Waals surface area contributed by atoms with Gasteiger partial charge in [0.25, 0.3) is 0 Å². The summed E-state index contributed by atoms with van der Waals surface area (Å²) in [5.74, 6) is 2.30. The molecule has 142 valence electrons. The third kappa shape index (κ3) is 3.93. The molecule has 28 heavy (non-hydrogen) atoms. The Morgan fingerprint density at radius 3 is 2.61 bits per heavy atom. The molecule has 0 amide bonds. The number of aromatic nitrogens is 3. The number of halogens is 1. The SMILES string of the molecule is COc1ccc(-c2noc(Cc3nc(-c4ccc(Br)cc4)cs3)n2)c(OC)c1. The standard InChI is InChI=1S/C20H16BrN3O3S/c1-25-14-7-8-15(17(9-14)26-2)20-23-18(27-24-20)10-19-22-16(11-28-19)12-3-5-13(21)6-4-12/h3-9,11H,10H2,1-2H3. The van der Waals surface area contributed by atoms with Crippen LogP contribution in [0.1, 0.15) is 10.9 Å². The lowest BCUT2D eigenvalue weighted by atomic mass is 10.2. The minimum absolute atomic E-state index is 0.471. The van der Waals surface area contributed by atoms with Crippen LogP contribution in [0.3, 0.4) is 0 Å². The molecule has 4 aromatic rings. The van der Waals surface area contributed by atoms with Gasteiger partial charge in [-0.25, -0.2) is 4.98 Å². The van der Waals surface area contributed by atoms with Gasteiger partial charge in [0, 0.05) is 21.5 Å². The lowest BCUT2D eigenvalue weighted by Crippen LogP contribution is -1.92. The smallest absolute Gasteiger partial charge is 0.233 e. The Morgan fingerprint density at radius 1 is 1.04 bits per heavy atom. The lowest BCUT2D eigenvalue weighted by molar-refractivity contribution is 0.383. The number of rotatable bonds is 6. The Hall–Kier alpha value is -2.71. The van der Waals surface area contributed by atoms with Crippen molar-refractivity contribution in [1.82, 2.24) is 15.1 Å². The van der Waals surface area contributed by atoms with Crippen LogP contribution >= 0.6 is 27.3 Å². The zero-order chi connectivity index (χ0) is 19.5. The highest BCUT2D eigenvalue weighted by atomic mass is 79.9. The molecule has 0 aliphatic heterocycles. The maximum absolute atomic E-state index is 5.42. The van der Waals surface area contributed by atoms with Crippen LogP contribution in [0.4, 0.5) is 0 Å². The summed E-state index contributed by atoms with van der Waals surface area (Å²) < 4.78 is 17.1. The lowest BCUT2D eigenvalue weighted by Gasteiger charge is -2.07. The first-order valence-electron chi connectivity index (χ1n) is 8.41. The topological polar surface area (TPSA) is 70.3 Å². The fraction of sp³-hybridized carbons (Fsp3) is 0.150. The van der Waals surface area contributed by atoms with E-state index in [1.807, 2.05) is 41.8 Å². The summed E-state index contributed by atoms with van der Waals surface area (Å²) in [6, 6.07) is 13.5. The molecule has 0 unspecified atom stereocenters. The van der Waals surface area contributed by atoms with Crippen molar-refractivity contribution in [2.45, 2.75) is 6.42 Å². The molecule has 8 heteroatoms. The Morgan fingerprint density at radius 2 is 1.86 bits per heavy atom. The van der Waals surface area contributed by atoms with Crippen LogP contribution in [-0.2, 0) is 6.42 Å². The molecule has 4 rings (SSSR count). The monoisotopic (exact) mass is 457 g/mol. The molecule has 0 aliphatic carbocycles.